The van der Waals surface area contributed by atoms with E-state index >= 15 is 0 Å². The molecule has 12 heteroatoms. The molecule has 27 heavy (non-hydrogen) atoms. The first-order valence-electron chi connectivity index (χ1n) is 8.22. The van der Waals surface area contributed by atoms with Gasteiger partial charge in [0, 0.05) is 6.54 Å². The van der Waals surface area contributed by atoms with E-state index in [2.05, 4.69) is 20.6 Å². The highest BCUT2D eigenvalue weighted by Crippen LogP contribution is 2.33. The largest absolute Gasteiger partial charge is 0.434 e. The van der Waals surface area contributed by atoms with Gasteiger partial charge in [0.2, 0.25) is 5.91 Å². The van der Waals surface area contributed by atoms with Gasteiger partial charge < -0.3 is 25.6 Å². The van der Waals surface area contributed by atoms with Gasteiger partial charge in [-0.1, -0.05) is 0 Å². The second-order valence-electron chi connectivity index (χ2n) is 6.49. The molecule has 4 N–H and O–H groups in total. The Kier molecular flexibility index (Phi) is 5.49. The van der Waals surface area contributed by atoms with Crippen molar-refractivity contribution in [2.75, 3.05) is 18.5 Å². The molecule has 1 aromatic heterocycles. The zero-order chi connectivity index (χ0) is 19.8. The van der Waals surface area contributed by atoms with Gasteiger partial charge in [0.05, 0.1) is 31.0 Å². The predicted octanol–water partition coefficient (Wildman–Crippen LogP) is -0.129. The van der Waals surface area contributed by atoms with Gasteiger partial charge in [0.15, 0.2) is 5.69 Å². The van der Waals surface area contributed by atoms with Gasteiger partial charge in [-0.05, 0) is 6.42 Å². The smallest absolute Gasteiger partial charge is 0.388 e. The van der Waals surface area contributed by atoms with Crippen molar-refractivity contribution in [3.8, 4) is 0 Å². The maximum Gasteiger partial charge on any atom is 0.434 e. The average Bonchev–Trinajstić information content (AvgIpc) is 3.34. The molecule has 150 valence electrons. The van der Waals surface area contributed by atoms with E-state index < -0.39 is 54.2 Å². The molecule has 1 aliphatic carbocycles. The minimum absolute atomic E-state index is 0.129. The predicted molar refractivity (Wildman–Crippen MR) is 82.2 cm³/mol. The van der Waals surface area contributed by atoms with Gasteiger partial charge in [0.25, 0.3) is 0 Å². The number of hydrogen-bond donors (Lipinski definition) is 4. The van der Waals surface area contributed by atoms with Crippen LogP contribution in [-0.2, 0) is 15.7 Å². The fourth-order valence-electron chi connectivity index (χ4n) is 2.72. The van der Waals surface area contributed by atoms with Crippen LogP contribution >= 0.6 is 0 Å². The van der Waals surface area contributed by atoms with Crippen LogP contribution in [0.15, 0.2) is 12.4 Å². The van der Waals surface area contributed by atoms with Crippen LogP contribution in [0.3, 0.4) is 0 Å². The first-order chi connectivity index (χ1) is 12.7. The van der Waals surface area contributed by atoms with E-state index in [-0.39, 0.29) is 25.4 Å². The van der Waals surface area contributed by atoms with E-state index in [0.717, 1.165) is 6.20 Å². The first kappa shape index (κ1) is 19.7. The van der Waals surface area contributed by atoms with Gasteiger partial charge in [-0.2, -0.15) is 13.2 Å². The van der Waals surface area contributed by atoms with Crippen LogP contribution in [0.4, 0.5) is 23.4 Å². The number of carbonyl (C=O) groups is 1. The summed E-state index contributed by atoms with van der Waals surface area (Å²) in [7, 11) is 0. The van der Waals surface area contributed by atoms with Crippen molar-refractivity contribution in [2.45, 2.75) is 43.1 Å². The maximum absolute atomic E-state index is 12.8. The molecule has 0 aromatic carbocycles. The zero-order valence-corrected chi connectivity index (χ0v) is 13.9. The van der Waals surface area contributed by atoms with Gasteiger partial charge in [-0.15, -0.1) is 0 Å². The minimum Gasteiger partial charge on any atom is -0.388 e. The standard InChI is InChI=1S/C15H18F4N4O4/c16-7-1-6(7)14(26)21-2-9-13(25)12(24)8(5-27-9)22-11-4-20-3-10(23-11)15(17,18)19/h3-4,6-9,12-13,24-25H,1-2,5H2,(H,21,26)(H,22,23)/t6-,7+,8+,9-,12-,13+/m1/s1. The Bertz CT molecular complexity index is 692. The second kappa shape index (κ2) is 7.52. The third-order valence-corrected chi connectivity index (χ3v) is 4.42. The van der Waals surface area contributed by atoms with Crippen LogP contribution in [0.2, 0.25) is 0 Å². The van der Waals surface area contributed by atoms with Crippen molar-refractivity contribution in [3.63, 3.8) is 0 Å². The molecule has 0 unspecified atom stereocenters. The SMILES string of the molecule is O=C(NC[C@H]1OC[C@H](Nc2cncc(C(F)(F)F)n2)[C@@H](O)[C@H]1O)[C@@H]1C[C@@H]1F. The minimum atomic E-state index is -4.67. The van der Waals surface area contributed by atoms with Crippen LogP contribution in [-0.4, -0.2) is 69.8 Å². The molecule has 2 fully saturated rings. The number of aromatic nitrogens is 2. The molecule has 1 aromatic rings. The third kappa shape index (κ3) is 4.62. The Hall–Kier alpha value is -2.05. The molecule has 1 saturated carbocycles. The van der Waals surface area contributed by atoms with Gasteiger partial charge in [0.1, 0.15) is 30.3 Å². The van der Waals surface area contributed by atoms with Crippen LogP contribution in [0, 0.1) is 5.92 Å². The van der Waals surface area contributed by atoms with E-state index in [4.69, 9.17) is 4.74 Å². The molecule has 0 radical (unpaired) electrons. The fourth-order valence-corrected chi connectivity index (χ4v) is 2.72. The van der Waals surface area contributed by atoms with Gasteiger partial charge >= 0.3 is 6.18 Å². The lowest BCUT2D eigenvalue weighted by atomic mass is 9.98. The number of aliphatic hydroxyl groups excluding tert-OH is 2. The van der Waals surface area contributed by atoms with E-state index in [0.29, 0.717) is 6.20 Å². The summed E-state index contributed by atoms with van der Waals surface area (Å²) < 4.78 is 56.2. The number of rotatable bonds is 5. The van der Waals surface area contributed by atoms with Gasteiger partial charge in [-0.25, -0.2) is 9.37 Å². The fraction of sp³-hybridized carbons (Fsp3) is 0.667. The Labute approximate surface area is 150 Å². The summed E-state index contributed by atoms with van der Waals surface area (Å²) in [6, 6.07) is -0.941. The van der Waals surface area contributed by atoms with E-state index in [1.807, 2.05) is 0 Å². The number of anilines is 1. The Morgan fingerprint density at radius 1 is 1.30 bits per heavy atom. The van der Waals surface area contributed by atoms with Crippen LogP contribution in [0.1, 0.15) is 12.1 Å². The summed E-state index contributed by atoms with van der Waals surface area (Å²) in [4.78, 5) is 18.4. The van der Waals surface area contributed by atoms with Crippen LogP contribution in [0.5, 0.6) is 0 Å². The molecule has 1 aliphatic heterocycles. The van der Waals surface area contributed by atoms with E-state index in [1.165, 1.54) is 0 Å². The lowest BCUT2D eigenvalue weighted by molar-refractivity contribution is -0.143. The highest BCUT2D eigenvalue weighted by molar-refractivity contribution is 5.82. The quantitative estimate of drug-likeness (QED) is 0.514. The summed E-state index contributed by atoms with van der Waals surface area (Å²) in [6.45, 7) is -0.289. The molecular weight excluding hydrogens is 376 g/mol. The van der Waals surface area contributed by atoms with E-state index in [1.54, 1.807) is 0 Å². The molecule has 1 saturated heterocycles. The van der Waals surface area contributed by atoms with Crippen LogP contribution in [0.25, 0.3) is 0 Å². The molecule has 1 amide bonds. The molecular formula is C15H18F4N4O4. The summed E-state index contributed by atoms with van der Waals surface area (Å²) in [5.41, 5.74) is -1.20. The topological polar surface area (TPSA) is 117 Å². The Morgan fingerprint density at radius 3 is 2.63 bits per heavy atom. The van der Waals surface area contributed by atoms with Crippen molar-refractivity contribution in [2.24, 2.45) is 5.92 Å². The normalized spacial score (nSPS) is 33.4. The highest BCUT2D eigenvalue weighted by Gasteiger charge is 2.44. The second-order valence-corrected chi connectivity index (χ2v) is 6.49. The number of aliphatic hydroxyl groups is 2. The number of amides is 1. The van der Waals surface area contributed by atoms with Crippen molar-refractivity contribution in [1.82, 2.24) is 15.3 Å². The number of nitrogens with one attached hydrogen (secondary N) is 2. The Morgan fingerprint density at radius 2 is 2.00 bits per heavy atom. The number of hydrogen-bond acceptors (Lipinski definition) is 7. The number of carbonyl (C=O) groups excluding carboxylic acids is 1. The third-order valence-electron chi connectivity index (χ3n) is 4.42. The molecule has 0 bridgehead atoms. The molecule has 6 atom stereocenters. The number of halogens is 4. The van der Waals surface area contributed by atoms with E-state index in [9.17, 15) is 32.6 Å². The average molecular weight is 394 g/mol. The molecule has 8 nitrogen and oxygen atoms in total. The Balaban J connectivity index is 1.55. The first-order valence-corrected chi connectivity index (χ1v) is 8.22. The molecule has 2 heterocycles. The van der Waals surface area contributed by atoms with Crippen LogP contribution < -0.4 is 10.6 Å². The van der Waals surface area contributed by atoms with Crippen molar-refractivity contribution in [1.29, 1.82) is 0 Å². The van der Waals surface area contributed by atoms with Crippen molar-refractivity contribution in [3.05, 3.63) is 18.1 Å². The highest BCUT2D eigenvalue weighted by atomic mass is 19.4. The summed E-state index contributed by atoms with van der Waals surface area (Å²) in [5, 5.41) is 25.3. The molecule has 3 rings (SSSR count). The molecule has 0 spiro atoms. The maximum atomic E-state index is 12.8. The van der Waals surface area contributed by atoms with Crippen molar-refractivity contribution >= 4 is 11.7 Å². The lowest BCUT2D eigenvalue weighted by Crippen LogP contribution is -2.58. The monoisotopic (exact) mass is 394 g/mol. The summed E-state index contributed by atoms with van der Waals surface area (Å²) in [6.07, 6.45) is -7.82. The zero-order valence-electron chi connectivity index (χ0n) is 13.9. The van der Waals surface area contributed by atoms with Gasteiger partial charge in [-0.3, -0.25) is 9.78 Å². The number of alkyl halides is 4. The van der Waals surface area contributed by atoms with Crippen molar-refractivity contribution < 1.29 is 37.3 Å². The summed E-state index contributed by atoms with van der Waals surface area (Å²) in [5.74, 6) is -1.42. The molecule has 2 aliphatic rings. The lowest BCUT2D eigenvalue weighted by Gasteiger charge is -2.38. The summed E-state index contributed by atoms with van der Waals surface area (Å²) >= 11 is 0. The number of nitrogens with zero attached hydrogens (tertiary/aromatic N) is 2. The number of ether oxygens (including phenoxy) is 1.